The number of hydrogen-bond donors (Lipinski definition) is 0. The molecule has 0 aliphatic rings. The van der Waals surface area contributed by atoms with Crippen LogP contribution in [0.5, 0.6) is 0 Å². The smallest absolute Gasteiger partial charge is 0.337 e. The Balaban J connectivity index is 1.72. The molecule has 8 heteroatoms. The van der Waals surface area contributed by atoms with Crippen LogP contribution in [0, 0.1) is 0 Å². The molecule has 0 radical (unpaired) electrons. The molecule has 0 fully saturated rings. The fourth-order valence-electron chi connectivity index (χ4n) is 3.72. The van der Waals surface area contributed by atoms with E-state index in [9.17, 15) is 4.79 Å². The molecule has 0 saturated carbocycles. The van der Waals surface area contributed by atoms with Gasteiger partial charge >= 0.3 is 5.97 Å². The molecular weight excluding hydrogens is 440 g/mol. The first kappa shape index (κ1) is 23.0. The van der Waals surface area contributed by atoms with Crippen LogP contribution in [0.4, 0.5) is 0 Å². The van der Waals surface area contributed by atoms with Gasteiger partial charge in [-0.15, -0.1) is 0 Å². The molecule has 4 aromatic rings. The van der Waals surface area contributed by atoms with Crippen molar-refractivity contribution in [2.75, 3.05) is 7.11 Å². The predicted octanol–water partition coefficient (Wildman–Crippen LogP) is 5.09. The summed E-state index contributed by atoms with van der Waals surface area (Å²) in [7, 11) is 1.35. The van der Waals surface area contributed by atoms with Gasteiger partial charge in [-0.3, -0.25) is 9.36 Å². The molecule has 2 heterocycles. The first-order valence-corrected chi connectivity index (χ1v) is 11.2. The van der Waals surface area contributed by atoms with Crippen LogP contribution in [-0.4, -0.2) is 38.2 Å². The van der Waals surface area contributed by atoms with E-state index in [-0.39, 0.29) is 6.61 Å². The Kier molecular flexibility index (Phi) is 6.54. The van der Waals surface area contributed by atoms with E-state index in [1.807, 2.05) is 45.9 Å². The molecule has 2 aromatic heterocycles. The minimum absolute atomic E-state index is 0.166. The lowest BCUT2D eigenvalue weighted by atomic mass is 10.1. The monoisotopic (exact) mass is 466 g/mol. The molecule has 0 unspecified atom stereocenters. The summed E-state index contributed by atoms with van der Waals surface area (Å²) in [6.45, 7) is 6.88. The van der Waals surface area contributed by atoms with Gasteiger partial charge in [-0.1, -0.05) is 41.9 Å². The van der Waals surface area contributed by atoms with Crippen molar-refractivity contribution in [2.45, 2.75) is 46.1 Å². The minimum Gasteiger partial charge on any atom is -0.467 e. The van der Waals surface area contributed by atoms with E-state index in [1.54, 1.807) is 13.8 Å². The van der Waals surface area contributed by atoms with Gasteiger partial charge in [0.15, 0.2) is 5.60 Å². The second-order valence-electron chi connectivity index (χ2n) is 8.29. The maximum atomic E-state index is 12.0. The third-order valence-corrected chi connectivity index (χ3v) is 5.98. The first-order chi connectivity index (χ1) is 15.8. The standard InChI is InChI=1S/C25H27ClN4O3/c1-5-29-22-12-17(10-11-18(22)14-27-29)23-13-20(16-33-25(2,3)24(31)32-4)28-30(23)15-19-8-6-7-9-21(19)26/h6-14H,5,15-16H2,1-4H3. The van der Waals surface area contributed by atoms with Crippen molar-refractivity contribution in [3.05, 3.63) is 71.0 Å². The number of carbonyl (C=O) groups is 1. The zero-order valence-electron chi connectivity index (χ0n) is 19.2. The average Bonchev–Trinajstić information content (AvgIpc) is 3.41. The molecule has 0 saturated heterocycles. The van der Waals surface area contributed by atoms with E-state index in [0.29, 0.717) is 17.3 Å². The summed E-state index contributed by atoms with van der Waals surface area (Å²) in [5.74, 6) is -0.434. The molecule has 0 aliphatic carbocycles. The van der Waals surface area contributed by atoms with Crippen LogP contribution in [-0.2, 0) is 34.0 Å². The van der Waals surface area contributed by atoms with Crippen molar-refractivity contribution in [1.29, 1.82) is 0 Å². The van der Waals surface area contributed by atoms with Crippen molar-refractivity contribution >= 4 is 28.5 Å². The molecule has 33 heavy (non-hydrogen) atoms. The van der Waals surface area contributed by atoms with Gasteiger partial charge < -0.3 is 9.47 Å². The Hall–Kier alpha value is -3.16. The summed E-state index contributed by atoms with van der Waals surface area (Å²) >= 11 is 6.43. The fraction of sp³-hybridized carbons (Fsp3) is 0.320. The van der Waals surface area contributed by atoms with Crippen molar-refractivity contribution in [1.82, 2.24) is 19.6 Å². The van der Waals surface area contributed by atoms with E-state index in [0.717, 1.165) is 34.3 Å². The number of hydrogen-bond acceptors (Lipinski definition) is 5. The predicted molar refractivity (Wildman–Crippen MR) is 128 cm³/mol. The largest absolute Gasteiger partial charge is 0.467 e. The zero-order chi connectivity index (χ0) is 23.6. The number of halogens is 1. The van der Waals surface area contributed by atoms with Gasteiger partial charge in [0.05, 0.1) is 43.4 Å². The number of rotatable bonds is 8. The summed E-state index contributed by atoms with van der Waals surface area (Å²) in [5, 5.41) is 11.0. The number of esters is 1. The lowest BCUT2D eigenvalue weighted by Gasteiger charge is -2.21. The highest BCUT2D eigenvalue weighted by Gasteiger charge is 2.30. The van der Waals surface area contributed by atoms with Crippen LogP contribution >= 0.6 is 11.6 Å². The Morgan fingerprint density at radius 2 is 1.91 bits per heavy atom. The number of fused-ring (bicyclic) bond motifs is 1. The van der Waals surface area contributed by atoms with Gasteiger partial charge in [0.25, 0.3) is 0 Å². The second kappa shape index (κ2) is 9.37. The summed E-state index contributed by atoms with van der Waals surface area (Å²) in [6, 6.07) is 15.9. The third kappa shape index (κ3) is 4.79. The molecule has 0 spiro atoms. The summed E-state index contributed by atoms with van der Waals surface area (Å²) in [4.78, 5) is 12.0. The zero-order valence-corrected chi connectivity index (χ0v) is 20.0. The van der Waals surface area contributed by atoms with Gasteiger partial charge in [0, 0.05) is 22.5 Å². The molecule has 2 aromatic carbocycles. The van der Waals surface area contributed by atoms with Crippen molar-refractivity contribution in [2.24, 2.45) is 0 Å². The number of methoxy groups -OCH3 is 1. The maximum Gasteiger partial charge on any atom is 0.337 e. The van der Waals surface area contributed by atoms with Crippen LogP contribution < -0.4 is 0 Å². The SMILES string of the molecule is CCn1ncc2ccc(-c3cc(COC(C)(C)C(=O)OC)nn3Cc3ccccc3Cl)cc21. The third-order valence-electron chi connectivity index (χ3n) is 5.61. The first-order valence-electron chi connectivity index (χ1n) is 10.8. The maximum absolute atomic E-state index is 12.0. The number of aromatic nitrogens is 4. The van der Waals surface area contributed by atoms with E-state index < -0.39 is 11.6 Å². The average molecular weight is 467 g/mol. The molecule has 172 valence electrons. The molecule has 0 aliphatic heterocycles. The van der Waals surface area contributed by atoms with E-state index in [4.69, 9.17) is 26.2 Å². The quantitative estimate of drug-likeness (QED) is 0.338. The summed E-state index contributed by atoms with van der Waals surface area (Å²) < 4.78 is 14.6. The lowest BCUT2D eigenvalue weighted by Crippen LogP contribution is -2.35. The van der Waals surface area contributed by atoms with Gasteiger partial charge in [0.2, 0.25) is 0 Å². The number of nitrogens with zero attached hydrogens (tertiary/aromatic N) is 4. The lowest BCUT2D eigenvalue weighted by molar-refractivity contribution is -0.166. The number of aryl methyl sites for hydroxylation is 1. The van der Waals surface area contributed by atoms with Gasteiger partial charge in [-0.25, -0.2) is 4.79 Å². The van der Waals surface area contributed by atoms with E-state index in [1.165, 1.54) is 7.11 Å². The van der Waals surface area contributed by atoms with Crippen molar-refractivity contribution in [3.63, 3.8) is 0 Å². The van der Waals surface area contributed by atoms with Crippen LogP contribution in [0.1, 0.15) is 32.0 Å². The van der Waals surface area contributed by atoms with Gasteiger partial charge in [-0.05, 0) is 44.5 Å². The molecule has 0 atom stereocenters. The van der Waals surface area contributed by atoms with Gasteiger partial charge in [0.1, 0.15) is 0 Å². The van der Waals surface area contributed by atoms with Crippen molar-refractivity contribution in [3.8, 4) is 11.3 Å². The second-order valence-corrected chi connectivity index (χ2v) is 8.70. The van der Waals surface area contributed by atoms with E-state index >= 15 is 0 Å². The normalized spacial score (nSPS) is 11.8. The molecule has 0 amide bonds. The fourth-order valence-corrected chi connectivity index (χ4v) is 3.92. The molecule has 7 nitrogen and oxygen atoms in total. The van der Waals surface area contributed by atoms with Crippen LogP contribution in [0.3, 0.4) is 0 Å². The highest BCUT2D eigenvalue weighted by Crippen LogP contribution is 2.28. The Bertz CT molecular complexity index is 1290. The van der Waals surface area contributed by atoms with E-state index in [2.05, 4.69) is 30.2 Å². The minimum atomic E-state index is -1.08. The van der Waals surface area contributed by atoms with Crippen molar-refractivity contribution < 1.29 is 14.3 Å². The summed E-state index contributed by atoms with van der Waals surface area (Å²) in [5.41, 5.74) is 3.59. The highest BCUT2D eigenvalue weighted by atomic mass is 35.5. The van der Waals surface area contributed by atoms with Crippen LogP contribution in [0.2, 0.25) is 5.02 Å². The number of benzene rings is 2. The highest BCUT2D eigenvalue weighted by molar-refractivity contribution is 6.31. The molecule has 0 N–H and O–H groups in total. The summed E-state index contributed by atoms with van der Waals surface area (Å²) in [6.07, 6.45) is 1.87. The number of carbonyl (C=O) groups excluding carboxylic acids is 1. The van der Waals surface area contributed by atoms with Crippen LogP contribution in [0.15, 0.2) is 54.7 Å². The Labute approximate surface area is 197 Å². The Morgan fingerprint density at radius 1 is 1.12 bits per heavy atom. The molecular formula is C25H27ClN4O3. The van der Waals surface area contributed by atoms with Gasteiger partial charge in [-0.2, -0.15) is 10.2 Å². The van der Waals surface area contributed by atoms with Crippen LogP contribution in [0.25, 0.3) is 22.2 Å². The Morgan fingerprint density at radius 3 is 2.64 bits per heavy atom. The number of ether oxygens (including phenoxy) is 2. The topological polar surface area (TPSA) is 71.2 Å². The molecule has 4 rings (SSSR count). The molecule has 0 bridgehead atoms.